The van der Waals surface area contributed by atoms with Crippen LogP contribution in [0.15, 0.2) is 59.4 Å². The minimum atomic E-state index is -2.07. The van der Waals surface area contributed by atoms with Crippen LogP contribution in [0.4, 0.5) is 4.39 Å². The van der Waals surface area contributed by atoms with Gasteiger partial charge in [0.15, 0.2) is 11.4 Å². The third-order valence-electron chi connectivity index (χ3n) is 14.9. The van der Waals surface area contributed by atoms with Gasteiger partial charge < -0.3 is 61.3 Å². The number of aromatic nitrogens is 2. The number of benzene rings is 2. The van der Waals surface area contributed by atoms with Crippen LogP contribution in [0.5, 0.6) is 0 Å². The summed E-state index contributed by atoms with van der Waals surface area (Å²) in [5.41, 5.74) is 1.74. The summed E-state index contributed by atoms with van der Waals surface area (Å²) in [6, 6.07) is 9.65. The Morgan fingerprint density at radius 1 is 0.869 bits per heavy atom. The van der Waals surface area contributed by atoms with Gasteiger partial charge in [-0.05, 0) is 85.7 Å². The quantitative estimate of drug-likeness (QED) is 0.0106. The number of halogens is 1. The molecule has 3 aliphatic heterocycles. The van der Waals surface area contributed by atoms with Gasteiger partial charge in [0.1, 0.15) is 37.1 Å². The van der Waals surface area contributed by atoms with E-state index in [1.165, 1.54) is 10.6 Å². The van der Waals surface area contributed by atoms with Gasteiger partial charge in [0.25, 0.3) is 17.4 Å². The number of nitrogens with one attached hydrogen (secondary N) is 6. The van der Waals surface area contributed by atoms with Crippen molar-refractivity contribution < 1.29 is 81.9 Å². The zero-order valence-electron chi connectivity index (χ0n) is 45.5. The zero-order valence-corrected chi connectivity index (χ0v) is 46.3. The van der Waals surface area contributed by atoms with E-state index >= 15 is 4.39 Å². The van der Waals surface area contributed by atoms with Gasteiger partial charge in [0.2, 0.25) is 29.5 Å². The molecule has 8 rings (SSSR count). The third kappa shape index (κ3) is 13.8. The topological polar surface area (TPSA) is 377 Å². The van der Waals surface area contributed by atoms with Crippen LogP contribution in [-0.4, -0.2) is 145 Å². The summed E-state index contributed by atoms with van der Waals surface area (Å²) in [6.45, 7) is -0.141. The number of ether oxygens (including phenoxy) is 2. The number of aryl methyl sites for hydroxylation is 1. The second-order valence-corrected chi connectivity index (χ2v) is 21.5. The van der Waals surface area contributed by atoms with E-state index < -0.39 is 151 Å². The van der Waals surface area contributed by atoms with Crippen molar-refractivity contribution in [1.82, 2.24) is 45.8 Å². The highest BCUT2D eigenvalue weighted by atomic mass is 32.2. The van der Waals surface area contributed by atoms with Crippen molar-refractivity contribution >= 4 is 87.9 Å². The Morgan fingerprint density at radius 2 is 1.57 bits per heavy atom. The lowest BCUT2D eigenvalue weighted by molar-refractivity contribution is -0.172. The van der Waals surface area contributed by atoms with Gasteiger partial charge in [-0.1, -0.05) is 37.3 Å². The Bertz CT molecular complexity index is 3450. The normalized spacial score (nSPS) is 17.5. The molecule has 0 spiro atoms. The van der Waals surface area contributed by atoms with Gasteiger partial charge in [-0.2, -0.15) is 0 Å². The minimum absolute atomic E-state index is 0.00435. The first kappa shape index (κ1) is 61.3. The molecule has 2 aromatic carbocycles. The summed E-state index contributed by atoms with van der Waals surface area (Å²) < 4.78 is 28.2. The first-order valence-electron chi connectivity index (χ1n) is 26.8. The zero-order chi connectivity index (χ0) is 60.6. The van der Waals surface area contributed by atoms with Crippen LogP contribution in [0.1, 0.15) is 90.4 Å². The number of amides is 7. The fraction of sp³-hybridized carbons (Fsp3) is 0.411. The summed E-state index contributed by atoms with van der Waals surface area (Å²) in [6.07, 6.45) is 1.71. The Labute approximate surface area is 481 Å². The summed E-state index contributed by atoms with van der Waals surface area (Å²) in [4.78, 5) is 158. The lowest BCUT2D eigenvalue weighted by atomic mass is 9.81. The van der Waals surface area contributed by atoms with Crippen molar-refractivity contribution in [3.8, 4) is 11.4 Å². The highest BCUT2D eigenvalue weighted by Crippen LogP contribution is 2.46. The number of carbonyl (C=O) groups is 11. The highest BCUT2D eigenvalue weighted by molar-refractivity contribution is 7.99. The van der Waals surface area contributed by atoms with E-state index in [1.54, 1.807) is 50.2 Å². The smallest absolute Gasteiger partial charge is 0.343 e. The molecule has 0 fully saturated rings. The Balaban J connectivity index is 0.811. The molecule has 2 aromatic heterocycles. The van der Waals surface area contributed by atoms with Crippen molar-refractivity contribution in [3.05, 3.63) is 110 Å². The summed E-state index contributed by atoms with van der Waals surface area (Å²) in [7, 11) is 0. The number of hydrogen-bond acceptors (Lipinski definition) is 18. The van der Waals surface area contributed by atoms with E-state index in [4.69, 9.17) is 19.6 Å². The number of esters is 1. The predicted molar refractivity (Wildman–Crippen MR) is 293 cm³/mol. The number of carboxylic acids is 2. The van der Waals surface area contributed by atoms with Gasteiger partial charge in [-0.3, -0.25) is 52.7 Å². The molecular formula is C56H60FN9O17S. The van der Waals surface area contributed by atoms with Gasteiger partial charge in [-0.15, -0.1) is 0 Å². The van der Waals surface area contributed by atoms with E-state index in [1.807, 2.05) is 0 Å². The van der Waals surface area contributed by atoms with E-state index in [-0.39, 0.29) is 56.4 Å². The number of fused-ring (bicyclic) bond motifs is 5. The summed E-state index contributed by atoms with van der Waals surface area (Å²) in [5, 5.41) is 44.4. The number of nitrogens with zero attached hydrogens (tertiary/aromatic N) is 3. The molecular weight excluding hydrogens is 1120 g/mol. The number of aliphatic hydroxyl groups is 1. The first-order chi connectivity index (χ1) is 40.1. The number of cyclic esters (lactones) is 1. The molecule has 444 valence electrons. The van der Waals surface area contributed by atoms with Gasteiger partial charge in [-0.25, -0.2) is 18.5 Å². The first-order valence-corrected chi connectivity index (χ1v) is 27.7. The number of rotatable bonds is 28. The largest absolute Gasteiger partial charge is 0.481 e. The van der Waals surface area contributed by atoms with Crippen LogP contribution >= 0.6 is 11.9 Å². The average molecular weight is 1180 g/mol. The van der Waals surface area contributed by atoms with E-state index in [0.717, 1.165) is 17.7 Å². The number of hydrogen-bond donors (Lipinski definition) is 9. The number of carbonyl (C=O) groups excluding carboxylic acids is 9. The molecule has 0 bridgehead atoms. The molecule has 5 heterocycles. The fourth-order valence-corrected chi connectivity index (χ4v) is 11.3. The number of imide groups is 1. The molecule has 4 aromatic rings. The van der Waals surface area contributed by atoms with Crippen molar-refractivity contribution in [3.63, 3.8) is 0 Å². The molecule has 0 saturated carbocycles. The van der Waals surface area contributed by atoms with Gasteiger partial charge >= 0.3 is 17.9 Å². The third-order valence-corrected chi connectivity index (χ3v) is 16.1. The molecule has 28 heteroatoms. The number of carboxylic acid groups (broad SMARTS) is 2. The van der Waals surface area contributed by atoms with Crippen LogP contribution in [0, 0.1) is 18.7 Å². The van der Waals surface area contributed by atoms with E-state index in [0.29, 0.717) is 73.6 Å². The number of aliphatic carboxylic acids is 2. The predicted octanol–water partition coefficient (Wildman–Crippen LogP) is 0.127. The molecule has 9 N–H and O–H groups in total. The summed E-state index contributed by atoms with van der Waals surface area (Å²) in [5.74, 6) is -10.4. The summed E-state index contributed by atoms with van der Waals surface area (Å²) >= 11 is 0.456. The maximum absolute atomic E-state index is 15.4. The molecule has 26 nitrogen and oxygen atoms in total. The molecule has 0 saturated heterocycles. The lowest BCUT2D eigenvalue weighted by Crippen LogP contribution is -2.48. The van der Waals surface area contributed by atoms with E-state index in [9.17, 15) is 67.7 Å². The van der Waals surface area contributed by atoms with Crippen molar-refractivity contribution in [1.29, 1.82) is 0 Å². The minimum Gasteiger partial charge on any atom is -0.481 e. The van der Waals surface area contributed by atoms with Crippen molar-refractivity contribution in [2.24, 2.45) is 5.92 Å². The van der Waals surface area contributed by atoms with Gasteiger partial charge in [0, 0.05) is 60.0 Å². The number of pyridine rings is 2. The van der Waals surface area contributed by atoms with Crippen LogP contribution in [0.25, 0.3) is 22.3 Å². The Hall–Kier alpha value is -8.73. The second kappa shape index (κ2) is 26.7. The Kier molecular flexibility index (Phi) is 19.5. The van der Waals surface area contributed by atoms with Crippen LogP contribution in [0.3, 0.4) is 0 Å². The van der Waals surface area contributed by atoms with Crippen molar-refractivity contribution in [2.45, 2.75) is 101 Å². The van der Waals surface area contributed by atoms with Crippen LogP contribution in [-0.2, 0) is 93.8 Å². The average Bonchev–Trinajstić information content (AvgIpc) is 1.64. The maximum atomic E-state index is 15.4. The molecule has 7 amide bonds. The monoisotopic (exact) mass is 1180 g/mol. The second-order valence-electron chi connectivity index (χ2n) is 20.4. The standard InChI is InChI=1S/C56H60FN9O17S/c1-3-56(81)35-18-40-50-33(24-65(40)53(77)34(35)25-83-55(56)80)49-37(12-11-32-28(2)36(57)19-39(64-50)48(32)49)63-44(70)26-82-27-62-43(69)23-60-51(75)30(17-29-7-5-4-6-8-29)9-10-31(67)20-59-42(68)22-61-52(76)41(84-66-45(71)14-15-46(66)72)21-58-38(54(78)79)13-16-47(73)74/h4-8,14-15,18-19,30,37-38,41,58,81H,3,9-13,16-17,20-27H2,1-2H3,(H,59,68)(H,60,75)(H,61,76)(H,62,69)(H,63,70)(H,73,74)(H,78,79)/t30-,37-,38?,41-,56-/m0/s1. The van der Waals surface area contributed by atoms with E-state index in [2.05, 4.69) is 31.9 Å². The molecule has 84 heavy (non-hydrogen) atoms. The number of Topliss-reactive ketones (excluding diaryl/α,β-unsaturated/α-hetero) is 1. The molecule has 4 aliphatic rings. The molecule has 1 unspecified atom stereocenters. The SMILES string of the molecule is CC[C@@]1(O)C(=O)OCc2c1cc1n(c2=O)Cc2c-1nc1cc(F)c(C)c3c1c2[C@@H](NC(=O)COCNC(=O)CNC(=O)[C@@H](CCC(=O)CNC(=O)CNC(=O)[C@H](CNC(CCC(=O)O)C(=O)O)SN1C(=O)C=CC1=O)Cc1ccccc1)CC3. The Morgan fingerprint density at radius 3 is 2.26 bits per heavy atom. The van der Waals surface area contributed by atoms with Gasteiger partial charge in [0.05, 0.1) is 54.7 Å². The highest BCUT2D eigenvalue weighted by Gasteiger charge is 2.46. The van der Waals surface area contributed by atoms with Crippen LogP contribution in [0.2, 0.25) is 0 Å². The van der Waals surface area contributed by atoms with Crippen LogP contribution < -0.4 is 37.5 Å². The fourth-order valence-electron chi connectivity index (χ4n) is 10.4. The molecule has 0 radical (unpaired) electrons. The molecule has 1 aliphatic carbocycles. The maximum Gasteiger partial charge on any atom is 0.343 e. The number of ketones is 1. The van der Waals surface area contributed by atoms with Crippen molar-refractivity contribution in [2.75, 3.05) is 39.5 Å². The lowest BCUT2D eigenvalue weighted by Gasteiger charge is -2.31. The molecule has 5 atom stereocenters.